The summed E-state index contributed by atoms with van der Waals surface area (Å²) in [4.78, 5) is 29.1. The van der Waals surface area contributed by atoms with Gasteiger partial charge in [0.15, 0.2) is 5.65 Å². The predicted molar refractivity (Wildman–Crippen MR) is 99.5 cm³/mol. The Morgan fingerprint density at radius 1 is 1.28 bits per heavy atom. The summed E-state index contributed by atoms with van der Waals surface area (Å²) in [5, 5.41) is 3.50. The van der Waals surface area contributed by atoms with E-state index in [1.165, 1.54) is 4.57 Å². The second kappa shape index (κ2) is 6.70. The van der Waals surface area contributed by atoms with Gasteiger partial charge in [-0.05, 0) is 51.0 Å². The van der Waals surface area contributed by atoms with Crippen LogP contribution in [0.15, 0.2) is 24.9 Å². The molecule has 2 heterocycles. The summed E-state index contributed by atoms with van der Waals surface area (Å²) >= 11 is 0. The van der Waals surface area contributed by atoms with Crippen molar-refractivity contribution in [2.24, 2.45) is 5.92 Å². The number of carbonyl (C=O) groups excluding carboxylic acids is 2. The van der Waals surface area contributed by atoms with Crippen molar-refractivity contribution < 1.29 is 14.3 Å². The molecule has 0 fully saturated rings. The number of amides is 1. The maximum atomic E-state index is 12.7. The highest BCUT2D eigenvalue weighted by molar-refractivity contribution is 5.99. The van der Waals surface area contributed by atoms with Gasteiger partial charge >= 0.3 is 6.09 Å². The van der Waals surface area contributed by atoms with Crippen LogP contribution < -0.4 is 5.32 Å². The van der Waals surface area contributed by atoms with Gasteiger partial charge in [-0.3, -0.25) is 4.79 Å². The van der Waals surface area contributed by atoms with Gasteiger partial charge in [-0.2, -0.15) is 0 Å². The molecule has 2 aromatic heterocycles. The highest BCUT2D eigenvalue weighted by Gasteiger charge is 2.24. The third-order valence-electron chi connectivity index (χ3n) is 3.48. The summed E-state index contributed by atoms with van der Waals surface area (Å²) in [6, 6.07) is 3.61. The Balaban J connectivity index is 2.59. The van der Waals surface area contributed by atoms with E-state index in [0.717, 1.165) is 16.5 Å². The number of hydrogen-bond donors (Lipinski definition) is 1. The van der Waals surface area contributed by atoms with Crippen LogP contribution in [0.2, 0.25) is 0 Å². The molecule has 0 atom stereocenters. The third kappa shape index (κ3) is 4.26. The topological polar surface area (TPSA) is 73.2 Å². The first-order valence-corrected chi connectivity index (χ1v) is 8.21. The molecule has 6 nitrogen and oxygen atoms in total. The Kier molecular flexibility index (Phi) is 5.02. The van der Waals surface area contributed by atoms with E-state index in [1.807, 2.05) is 13.0 Å². The van der Waals surface area contributed by atoms with E-state index < -0.39 is 11.7 Å². The van der Waals surface area contributed by atoms with Gasteiger partial charge in [0.1, 0.15) is 11.4 Å². The van der Waals surface area contributed by atoms with Crippen molar-refractivity contribution in [3.05, 3.63) is 30.5 Å². The number of pyridine rings is 1. The summed E-state index contributed by atoms with van der Waals surface area (Å²) in [5.41, 5.74) is 1.51. The van der Waals surface area contributed by atoms with Crippen LogP contribution in [0.25, 0.3) is 16.6 Å². The predicted octanol–water partition coefficient (Wildman–Crippen LogP) is 4.45. The highest BCUT2D eigenvalue weighted by Crippen LogP contribution is 2.26. The van der Waals surface area contributed by atoms with Crippen LogP contribution in [0.1, 0.15) is 47.1 Å². The Labute approximate surface area is 147 Å². The molecular weight excluding hydrogens is 318 g/mol. The number of fused-ring (bicyclic) bond motifs is 1. The Morgan fingerprint density at radius 2 is 1.92 bits per heavy atom. The van der Waals surface area contributed by atoms with Gasteiger partial charge in [0.25, 0.3) is 0 Å². The van der Waals surface area contributed by atoms with E-state index in [9.17, 15) is 9.59 Å². The quantitative estimate of drug-likeness (QED) is 0.894. The minimum atomic E-state index is -0.662. The maximum Gasteiger partial charge on any atom is 0.421 e. The maximum absolute atomic E-state index is 12.7. The molecule has 0 saturated carbocycles. The second-order valence-electron chi connectivity index (χ2n) is 7.41. The average Bonchev–Trinajstić information content (AvgIpc) is 2.81. The largest absolute Gasteiger partial charge is 0.443 e. The fourth-order valence-corrected chi connectivity index (χ4v) is 2.18. The zero-order chi connectivity index (χ0) is 18.9. The summed E-state index contributed by atoms with van der Waals surface area (Å²) in [6.45, 7) is 14.7. The molecule has 0 aliphatic rings. The Bertz CT molecular complexity index is 841. The molecule has 0 aliphatic heterocycles. The molecule has 2 rings (SSSR count). The number of ether oxygens (including phenoxy) is 1. The monoisotopic (exact) mass is 343 g/mol. The third-order valence-corrected chi connectivity index (χ3v) is 3.48. The van der Waals surface area contributed by atoms with Crippen LogP contribution in [0.4, 0.5) is 10.6 Å². The van der Waals surface area contributed by atoms with Gasteiger partial charge in [0.05, 0.1) is 0 Å². The number of nitrogens with zero attached hydrogens (tertiary/aromatic N) is 2. The summed E-state index contributed by atoms with van der Waals surface area (Å²) < 4.78 is 6.76. The van der Waals surface area contributed by atoms with Gasteiger partial charge in [-0.25, -0.2) is 14.3 Å². The zero-order valence-corrected chi connectivity index (χ0v) is 15.6. The van der Waals surface area contributed by atoms with Crippen molar-refractivity contribution in [2.45, 2.75) is 47.1 Å². The average molecular weight is 343 g/mol. The van der Waals surface area contributed by atoms with Gasteiger partial charge in [0, 0.05) is 17.5 Å². The molecular formula is C19H25N3O3. The molecule has 0 spiro atoms. The van der Waals surface area contributed by atoms with Crippen molar-refractivity contribution in [1.82, 2.24) is 9.55 Å². The smallest absolute Gasteiger partial charge is 0.421 e. The fourth-order valence-electron chi connectivity index (χ4n) is 2.18. The van der Waals surface area contributed by atoms with Crippen LogP contribution in [0.3, 0.4) is 0 Å². The van der Waals surface area contributed by atoms with Gasteiger partial charge in [0.2, 0.25) is 5.91 Å². The molecule has 0 aromatic carbocycles. The molecule has 1 N–H and O–H groups in total. The number of carbonyl (C=O) groups is 2. The van der Waals surface area contributed by atoms with Gasteiger partial charge in [-0.1, -0.05) is 20.4 Å². The molecule has 0 radical (unpaired) electrons. The van der Waals surface area contributed by atoms with Crippen molar-refractivity contribution in [2.75, 3.05) is 5.32 Å². The normalized spacial score (nSPS) is 11.6. The van der Waals surface area contributed by atoms with Crippen LogP contribution in [0, 0.1) is 5.92 Å². The number of aromatic nitrogens is 2. The van der Waals surface area contributed by atoms with Crippen LogP contribution in [-0.4, -0.2) is 27.2 Å². The first kappa shape index (κ1) is 18.7. The van der Waals surface area contributed by atoms with Crippen molar-refractivity contribution in [3.63, 3.8) is 0 Å². The summed E-state index contributed by atoms with van der Waals surface area (Å²) in [7, 11) is 0. The van der Waals surface area contributed by atoms with Crippen molar-refractivity contribution >= 4 is 34.4 Å². The summed E-state index contributed by atoms with van der Waals surface area (Å²) in [5.74, 6) is -0.0638. The van der Waals surface area contributed by atoms with Gasteiger partial charge in [-0.15, -0.1) is 0 Å². The van der Waals surface area contributed by atoms with E-state index in [2.05, 4.69) is 16.9 Å². The van der Waals surface area contributed by atoms with E-state index in [4.69, 9.17) is 4.74 Å². The minimum Gasteiger partial charge on any atom is -0.443 e. The summed E-state index contributed by atoms with van der Waals surface area (Å²) in [6.07, 6.45) is 1.07. The Morgan fingerprint density at radius 3 is 2.44 bits per heavy atom. The molecule has 0 unspecified atom stereocenters. The van der Waals surface area contributed by atoms with E-state index >= 15 is 0 Å². The van der Waals surface area contributed by atoms with E-state index in [0.29, 0.717) is 11.5 Å². The van der Waals surface area contributed by atoms with Crippen LogP contribution in [0.5, 0.6) is 0 Å². The lowest BCUT2D eigenvalue weighted by atomic mass is 10.1. The second-order valence-corrected chi connectivity index (χ2v) is 7.41. The van der Waals surface area contributed by atoms with Crippen LogP contribution in [-0.2, 0) is 9.53 Å². The minimum absolute atomic E-state index is 0.187. The Hall–Kier alpha value is -2.63. The van der Waals surface area contributed by atoms with E-state index in [-0.39, 0.29) is 11.8 Å². The molecule has 134 valence electrons. The molecule has 2 aromatic rings. The first-order chi connectivity index (χ1) is 11.5. The molecule has 6 heteroatoms. The highest BCUT2D eigenvalue weighted by atomic mass is 16.6. The number of rotatable bonds is 3. The molecule has 0 saturated heterocycles. The van der Waals surface area contributed by atoms with Crippen molar-refractivity contribution in [3.8, 4) is 0 Å². The molecule has 0 bridgehead atoms. The SMILES string of the molecule is C=C(C)c1cnc2c(c1)cc(NC(=O)C(C)C)n2C(=O)OC(C)(C)C. The fraction of sp³-hybridized carbons (Fsp3) is 0.421. The number of nitrogens with one attached hydrogen (secondary N) is 1. The van der Waals surface area contributed by atoms with Crippen LogP contribution >= 0.6 is 0 Å². The standard InChI is InChI=1S/C19H25N3O3/c1-11(2)14-8-13-9-15(21-17(23)12(3)4)22(16(13)20-10-14)18(24)25-19(5,6)7/h8-10,12H,1H2,2-7H3,(H,21,23). The van der Waals surface area contributed by atoms with Crippen molar-refractivity contribution in [1.29, 1.82) is 0 Å². The molecule has 0 aliphatic carbocycles. The number of anilines is 1. The number of allylic oxidation sites excluding steroid dienone is 1. The molecule has 25 heavy (non-hydrogen) atoms. The van der Waals surface area contributed by atoms with E-state index in [1.54, 1.807) is 46.9 Å². The first-order valence-electron chi connectivity index (χ1n) is 8.21. The number of hydrogen-bond acceptors (Lipinski definition) is 4. The van der Waals surface area contributed by atoms with Gasteiger partial charge < -0.3 is 10.1 Å². The molecule has 1 amide bonds. The lowest BCUT2D eigenvalue weighted by molar-refractivity contribution is -0.118. The lowest BCUT2D eigenvalue weighted by Gasteiger charge is -2.21. The lowest BCUT2D eigenvalue weighted by Crippen LogP contribution is -2.29. The zero-order valence-electron chi connectivity index (χ0n) is 15.6.